The van der Waals surface area contributed by atoms with Crippen molar-refractivity contribution in [1.29, 1.82) is 0 Å². The summed E-state index contributed by atoms with van der Waals surface area (Å²) >= 11 is 0. The smallest absolute Gasteiger partial charge is 0.323 e. The van der Waals surface area contributed by atoms with Crippen molar-refractivity contribution in [3.63, 3.8) is 0 Å². The van der Waals surface area contributed by atoms with E-state index in [4.69, 9.17) is 5.73 Å². The molecule has 0 aliphatic heterocycles. The number of nitrogens with one attached hydrogen (secondary N) is 2. The number of anilines is 3. The molecular weight excluding hydrogens is 423 g/mol. The summed E-state index contributed by atoms with van der Waals surface area (Å²) in [6.07, 6.45) is 3.10. The number of aromatic nitrogens is 3. The quantitative estimate of drug-likeness (QED) is 0.377. The molecule has 2 amide bonds. The summed E-state index contributed by atoms with van der Waals surface area (Å²) in [5, 5.41) is 5.59. The highest BCUT2D eigenvalue weighted by atomic mass is 19.1. The second-order valence-electron chi connectivity index (χ2n) is 7.92. The van der Waals surface area contributed by atoms with Crippen LogP contribution in [-0.2, 0) is 0 Å². The number of ketones is 1. The van der Waals surface area contributed by atoms with Crippen LogP contribution in [0.5, 0.6) is 0 Å². The van der Waals surface area contributed by atoms with Gasteiger partial charge in [0.1, 0.15) is 23.6 Å². The molecule has 33 heavy (non-hydrogen) atoms. The predicted molar refractivity (Wildman–Crippen MR) is 126 cm³/mol. The lowest BCUT2D eigenvalue weighted by Crippen LogP contribution is -2.20. The van der Waals surface area contributed by atoms with Crippen molar-refractivity contribution in [3.05, 3.63) is 77.5 Å². The number of fused-ring (bicyclic) bond motifs is 1. The van der Waals surface area contributed by atoms with Crippen molar-refractivity contribution in [2.75, 3.05) is 16.4 Å². The Hall–Kier alpha value is -4.27. The van der Waals surface area contributed by atoms with Gasteiger partial charge in [-0.3, -0.25) is 4.79 Å². The van der Waals surface area contributed by atoms with Crippen LogP contribution in [0.3, 0.4) is 0 Å². The Morgan fingerprint density at radius 1 is 1.06 bits per heavy atom. The number of carbonyl (C=O) groups excluding carboxylic acids is 2. The van der Waals surface area contributed by atoms with Crippen LogP contribution in [0.25, 0.3) is 11.0 Å². The normalized spacial score (nSPS) is 11.1. The first-order valence-corrected chi connectivity index (χ1v) is 10.3. The number of nitrogens with zero attached hydrogens (tertiary/aromatic N) is 3. The van der Waals surface area contributed by atoms with E-state index in [-0.39, 0.29) is 23.3 Å². The van der Waals surface area contributed by atoms with E-state index < -0.39 is 11.8 Å². The van der Waals surface area contributed by atoms with E-state index in [1.165, 1.54) is 24.5 Å². The van der Waals surface area contributed by atoms with Crippen molar-refractivity contribution >= 4 is 40.0 Å². The molecule has 2 heterocycles. The van der Waals surface area contributed by atoms with E-state index in [1.54, 1.807) is 37.4 Å². The van der Waals surface area contributed by atoms with E-state index in [9.17, 15) is 14.0 Å². The maximum Gasteiger partial charge on any atom is 0.323 e. The Morgan fingerprint density at radius 3 is 2.55 bits per heavy atom. The van der Waals surface area contributed by atoms with Crippen LogP contribution < -0.4 is 16.4 Å². The molecule has 4 rings (SSSR count). The van der Waals surface area contributed by atoms with Crippen LogP contribution in [0, 0.1) is 12.7 Å². The van der Waals surface area contributed by atoms with E-state index in [0.29, 0.717) is 27.8 Å². The van der Waals surface area contributed by atoms with Gasteiger partial charge in [0.25, 0.3) is 0 Å². The Kier molecular flexibility index (Phi) is 5.78. The number of nitrogen functional groups attached to an aromatic ring is 1. The molecule has 168 valence electrons. The monoisotopic (exact) mass is 446 g/mol. The second kappa shape index (κ2) is 8.70. The molecular formula is C24H23FN6O2. The molecule has 0 saturated heterocycles. The molecule has 4 N–H and O–H groups in total. The van der Waals surface area contributed by atoms with E-state index >= 15 is 0 Å². The predicted octanol–water partition coefficient (Wildman–Crippen LogP) is 4.92. The molecule has 0 fully saturated rings. The lowest BCUT2D eigenvalue weighted by atomic mass is 9.98. The molecule has 0 aliphatic carbocycles. The minimum Gasteiger partial charge on any atom is -0.383 e. The van der Waals surface area contributed by atoms with Crippen LogP contribution >= 0.6 is 0 Å². The highest BCUT2D eigenvalue weighted by molar-refractivity contribution is 6.19. The van der Waals surface area contributed by atoms with Gasteiger partial charge in [0.15, 0.2) is 5.78 Å². The maximum atomic E-state index is 13.8. The number of para-hydroxylation sites is 1. The SMILES string of the molecule is Cc1ccc(NC(=O)Nc2ccccc2F)cc1C(=O)c1cn(C(C)C)c2ncnc(N)c12. The molecule has 0 bridgehead atoms. The van der Waals surface area contributed by atoms with Gasteiger partial charge in [-0.15, -0.1) is 0 Å². The molecule has 2 aromatic carbocycles. The third kappa shape index (κ3) is 4.25. The molecule has 0 saturated carbocycles. The summed E-state index contributed by atoms with van der Waals surface area (Å²) in [7, 11) is 0. The average Bonchev–Trinajstić information content (AvgIpc) is 3.17. The lowest BCUT2D eigenvalue weighted by Gasteiger charge is -2.11. The number of hydrogen-bond donors (Lipinski definition) is 3. The first kappa shape index (κ1) is 21.9. The number of hydrogen-bond acceptors (Lipinski definition) is 5. The minimum atomic E-state index is -0.628. The fourth-order valence-corrected chi connectivity index (χ4v) is 3.61. The van der Waals surface area contributed by atoms with Crippen molar-refractivity contribution in [3.8, 4) is 0 Å². The molecule has 0 unspecified atom stereocenters. The van der Waals surface area contributed by atoms with Gasteiger partial charge < -0.3 is 20.9 Å². The number of benzene rings is 2. The Bertz CT molecular complexity index is 1380. The fourth-order valence-electron chi connectivity index (χ4n) is 3.61. The summed E-state index contributed by atoms with van der Waals surface area (Å²) in [5.74, 6) is -0.593. The van der Waals surface area contributed by atoms with Gasteiger partial charge in [-0.1, -0.05) is 18.2 Å². The summed E-state index contributed by atoms with van der Waals surface area (Å²) in [5.41, 5.74) is 8.61. The number of nitrogens with two attached hydrogens (primary N) is 1. The summed E-state index contributed by atoms with van der Waals surface area (Å²) < 4.78 is 15.7. The molecule has 4 aromatic rings. The zero-order valence-electron chi connectivity index (χ0n) is 18.4. The zero-order chi connectivity index (χ0) is 23.7. The number of amides is 2. The number of rotatable bonds is 5. The van der Waals surface area contributed by atoms with E-state index in [2.05, 4.69) is 20.6 Å². The highest BCUT2D eigenvalue weighted by Crippen LogP contribution is 2.30. The van der Waals surface area contributed by atoms with Gasteiger partial charge in [-0.05, 0) is 50.6 Å². The first-order chi connectivity index (χ1) is 15.8. The highest BCUT2D eigenvalue weighted by Gasteiger charge is 2.22. The van der Waals surface area contributed by atoms with E-state index in [0.717, 1.165) is 5.56 Å². The molecule has 0 aliphatic rings. The van der Waals surface area contributed by atoms with Crippen molar-refractivity contribution in [1.82, 2.24) is 14.5 Å². The first-order valence-electron chi connectivity index (χ1n) is 10.3. The van der Waals surface area contributed by atoms with Crippen LogP contribution in [-0.4, -0.2) is 26.3 Å². The van der Waals surface area contributed by atoms with Crippen LogP contribution in [0.1, 0.15) is 41.4 Å². The molecule has 9 heteroatoms. The summed E-state index contributed by atoms with van der Waals surface area (Å²) in [4.78, 5) is 34.3. The fraction of sp³-hybridized carbons (Fsp3) is 0.167. The van der Waals surface area contributed by atoms with E-state index in [1.807, 2.05) is 18.4 Å². The molecule has 2 aromatic heterocycles. The van der Waals surface area contributed by atoms with Crippen LogP contribution in [0.4, 0.5) is 26.4 Å². The summed E-state index contributed by atoms with van der Waals surface area (Å²) in [6, 6.07) is 10.3. The zero-order valence-corrected chi connectivity index (χ0v) is 18.4. The third-order valence-corrected chi connectivity index (χ3v) is 5.30. The molecule has 8 nitrogen and oxygen atoms in total. The third-order valence-electron chi connectivity index (χ3n) is 5.30. The van der Waals surface area contributed by atoms with Gasteiger partial charge in [0.05, 0.1) is 16.6 Å². The maximum absolute atomic E-state index is 13.8. The van der Waals surface area contributed by atoms with Gasteiger partial charge in [0, 0.05) is 23.5 Å². The molecule has 0 spiro atoms. The van der Waals surface area contributed by atoms with Crippen molar-refractivity contribution < 1.29 is 14.0 Å². The average molecular weight is 446 g/mol. The van der Waals surface area contributed by atoms with Crippen molar-refractivity contribution in [2.45, 2.75) is 26.8 Å². The van der Waals surface area contributed by atoms with Crippen LogP contribution in [0.15, 0.2) is 55.0 Å². The van der Waals surface area contributed by atoms with Gasteiger partial charge in [-0.25, -0.2) is 19.2 Å². The Balaban J connectivity index is 1.67. The number of aryl methyl sites for hydroxylation is 1. The van der Waals surface area contributed by atoms with Gasteiger partial charge >= 0.3 is 6.03 Å². The lowest BCUT2D eigenvalue weighted by molar-refractivity contribution is 0.103. The number of urea groups is 1. The molecule has 0 atom stereocenters. The topological polar surface area (TPSA) is 115 Å². The number of halogens is 1. The van der Waals surface area contributed by atoms with Crippen LogP contribution in [0.2, 0.25) is 0 Å². The molecule has 0 radical (unpaired) electrons. The number of carbonyl (C=O) groups is 2. The second-order valence-corrected chi connectivity index (χ2v) is 7.92. The minimum absolute atomic E-state index is 0.0513. The summed E-state index contributed by atoms with van der Waals surface area (Å²) in [6.45, 7) is 5.77. The Labute approximate surface area is 189 Å². The van der Waals surface area contributed by atoms with Crippen molar-refractivity contribution in [2.24, 2.45) is 0 Å². The van der Waals surface area contributed by atoms with Gasteiger partial charge in [-0.2, -0.15) is 0 Å². The standard InChI is InChI=1S/C24H23FN6O2/c1-13(2)31-11-17(20-22(26)27-12-28-23(20)31)21(32)16-10-15(9-8-14(16)3)29-24(33)30-19-7-5-4-6-18(19)25/h4-13H,1-3H3,(H2,26,27,28)(H2,29,30,33). The Morgan fingerprint density at radius 2 is 1.82 bits per heavy atom. The largest absolute Gasteiger partial charge is 0.383 e. The van der Waals surface area contributed by atoms with Gasteiger partial charge in [0.2, 0.25) is 0 Å².